The smallest absolute Gasteiger partial charge is 0.252 e. The van der Waals surface area contributed by atoms with Crippen LogP contribution in [0.25, 0.3) is 0 Å². The molecule has 5 rings (SSSR count). The second kappa shape index (κ2) is 15.9. The standard InChI is InChI=1S/C39H45ClN4O6/c1-25(45)34(42-38(49)39(19-5-6-20-39)21-22-41-26(2)46)23-28-7-15-32(16-8-28)44-36(30-11-13-31(40)14-12-30)43(27(3)47)35(37(44)48)24-29-9-17-33(50-4)18-10-29/h7-18,34-36H,5-6,19-24H2,1-4H3,(H,41,46)(H,42,49). The lowest BCUT2D eigenvalue weighted by atomic mass is 9.81. The highest BCUT2D eigenvalue weighted by molar-refractivity contribution is 6.30. The van der Waals surface area contributed by atoms with Gasteiger partial charge in [0.2, 0.25) is 17.7 Å². The maximum absolute atomic E-state index is 14.3. The summed E-state index contributed by atoms with van der Waals surface area (Å²) in [7, 11) is 1.59. The van der Waals surface area contributed by atoms with Crippen LogP contribution < -0.4 is 20.3 Å². The normalized spacial score (nSPS) is 18.9. The number of benzene rings is 3. The first-order valence-corrected chi connectivity index (χ1v) is 17.5. The van der Waals surface area contributed by atoms with Crippen LogP contribution in [0.4, 0.5) is 5.69 Å². The lowest BCUT2D eigenvalue weighted by molar-refractivity contribution is -0.134. The third kappa shape index (κ3) is 8.18. The van der Waals surface area contributed by atoms with Gasteiger partial charge in [-0.05, 0) is 85.7 Å². The highest BCUT2D eigenvalue weighted by atomic mass is 35.5. The second-order valence-electron chi connectivity index (χ2n) is 13.4. The van der Waals surface area contributed by atoms with Crippen molar-refractivity contribution >= 4 is 46.7 Å². The fourth-order valence-corrected chi connectivity index (χ4v) is 7.35. The van der Waals surface area contributed by atoms with Crippen LogP contribution in [0, 0.1) is 5.41 Å². The number of carbonyl (C=O) groups is 5. The summed E-state index contributed by atoms with van der Waals surface area (Å²) in [6.07, 6.45) is 3.68. The second-order valence-corrected chi connectivity index (χ2v) is 13.8. The Morgan fingerprint density at radius 3 is 2.08 bits per heavy atom. The van der Waals surface area contributed by atoms with Crippen molar-refractivity contribution in [3.63, 3.8) is 0 Å². The lowest BCUT2D eigenvalue weighted by Crippen LogP contribution is -2.49. The fourth-order valence-electron chi connectivity index (χ4n) is 7.23. The number of Topliss-reactive ketones (excluding diaryl/α,β-unsaturated/α-hetero) is 1. The number of hydrogen-bond acceptors (Lipinski definition) is 6. The summed E-state index contributed by atoms with van der Waals surface area (Å²) in [6.45, 7) is 4.80. The van der Waals surface area contributed by atoms with Crippen molar-refractivity contribution in [1.29, 1.82) is 0 Å². The van der Waals surface area contributed by atoms with Crippen LogP contribution in [0.15, 0.2) is 72.8 Å². The molecule has 2 fully saturated rings. The molecule has 0 bridgehead atoms. The number of halogens is 1. The molecule has 1 saturated carbocycles. The first kappa shape index (κ1) is 36.6. The molecule has 1 aliphatic heterocycles. The molecule has 4 amide bonds. The summed E-state index contributed by atoms with van der Waals surface area (Å²) in [4.78, 5) is 68.7. The Balaban J connectivity index is 1.39. The molecule has 10 nitrogen and oxygen atoms in total. The minimum atomic E-state index is -0.757. The molecule has 1 heterocycles. The Morgan fingerprint density at radius 2 is 1.52 bits per heavy atom. The van der Waals surface area contributed by atoms with Crippen LogP contribution in [0.3, 0.4) is 0 Å². The molecular weight excluding hydrogens is 656 g/mol. The van der Waals surface area contributed by atoms with E-state index in [1.165, 1.54) is 20.8 Å². The van der Waals surface area contributed by atoms with Crippen LogP contribution in [0.5, 0.6) is 5.75 Å². The molecule has 0 spiro atoms. The number of anilines is 1. The molecule has 3 atom stereocenters. The van der Waals surface area contributed by atoms with E-state index >= 15 is 0 Å². The number of ether oxygens (including phenoxy) is 1. The minimum Gasteiger partial charge on any atom is -0.497 e. The minimum absolute atomic E-state index is 0.138. The topological polar surface area (TPSA) is 125 Å². The summed E-state index contributed by atoms with van der Waals surface area (Å²) >= 11 is 6.21. The van der Waals surface area contributed by atoms with E-state index in [2.05, 4.69) is 10.6 Å². The van der Waals surface area contributed by atoms with Gasteiger partial charge >= 0.3 is 0 Å². The summed E-state index contributed by atoms with van der Waals surface area (Å²) in [5, 5.41) is 6.36. The molecule has 2 aliphatic rings. The highest BCUT2D eigenvalue weighted by Gasteiger charge is 2.49. The predicted molar refractivity (Wildman–Crippen MR) is 192 cm³/mol. The zero-order valence-electron chi connectivity index (χ0n) is 29.0. The Morgan fingerprint density at radius 1 is 0.900 bits per heavy atom. The summed E-state index contributed by atoms with van der Waals surface area (Å²) < 4.78 is 5.29. The molecule has 0 radical (unpaired) electrons. The molecule has 0 aromatic heterocycles. The summed E-state index contributed by atoms with van der Waals surface area (Å²) in [5.74, 6) is -0.221. The molecule has 2 N–H and O–H groups in total. The van der Waals surface area contributed by atoms with Gasteiger partial charge in [0.05, 0.1) is 18.6 Å². The van der Waals surface area contributed by atoms with Gasteiger partial charge in [-0.25, -0.2) is 0 Å². The predicted octanol–water partition coefficient (Wildman–Crippen LogP) is 5.56. The van der Waals surface area contributed by atoms with Crippen molar-refractivity contribution in [3.8, 4) is 5.75 Å². The number of methoxy groups -OCH3 is 1. The van der Waals surface area contributed by atoms with Gasteiger partial charge in [-0.2, -0.15) is 0 Å². The zero-order chi connectivity index (χ0) is 36.0. The number of ketones is 1. The van der Waals surface area contributed by atoms with E-state index in [1.807, 2.05) is 60.7 Å². The first-order chi connectivity index (χ1) is 23.9. The average molecular weight is 701 g/mol. The van der Waals surface area contributed by atoms with Crippen LogP contribution >= 0.6 is 11.6 Å². The molecule has 3 aromatic carbocycles. The quantitative estimate of drug-likeness (QED) is 0.241. The van der Waals surface area contributed by atoms with E-state index < -0.39 is 23.7 Å². The van der Waals surface area contributed by atoms with Gasteiger partial charge in [0.1, 0.15) is 18.0 Å². The van der Waals surface area contributed by atoms with Crippen molar-refractivity contribution in [2.24, 2.45) is 5.41 Å². The molecule has 264 valence electrons. The molecule has 1 aliphatic carbocycles. The van der Waals surface area contributed by atoms with Crippen LogP contribution in [0.2, 0.25) is 5.02 Å². The Kier molecular flexibility index (Phi) is 11.6. The molecule has 3 aromatic rings. The third-order valence-corrected chi connectivity index (χ3v) is 10.2. The van der Waals surface area contributed by atoms with E-state index in [0.717, 1.165) is 29.5 Å². The largest absolute Gasteiger partial charge is 0.497 e. The van der Waals surface area contributed by atoms with Crippen molar-refractivity contribution in [1.82, 2.24) is 15.5 Å². The van der Waals surface area contributed by atoms with Gasteiger partial charge in [0.25, 0.3) is 5.91 Å². The SMILES string of the molecule is COc1ccc(CC2C(=O)N(c3ccc(CC(NC(=O)C4(CCNC(C)=O)CCCC4)C(C)=O)cc3)C(c3ccc(Cl)cc3)N2C(C)=O)cc1. The van der Waals surface area contributed by atoms with Gasteiger partial charge in [-0.3, -0.25) is 28.9 Å². The van der Waals surface area contributed by atoms with E-state index in [-0.39, 0.29) is 35.8 Å². The fraction of sp³-hybridized carbons (Fsp3) is 0.410. The van der Waals surface area contributed by atoms with E-state index in [1.54, 1.807) is 29.0 Å². The van der Waals surface area contributed by atoms with Crippen LogP contribution in [0.1, 0.15) is 75.7 Å². The van der Waals surface area contributed by atoms with Gasteiger partial charge in [0, 0.05) is 37.5 Å². The number of nitrogens with one attached hydrogen (secondary N) is 2. The Hall–Kier alpha value is -4.70. The van der Waals surface area contributed by atoms with Crippen molar-refractivity contribution in [3.05, 3.63) is 94.5 Å². The average Bonchev–Trinajstić information content (AvgIpc) is 3.68. The number of rotatable bonds is 13. The lowest BCUT2D eigenvalue weighted by Gasteiger charge is -2.31. The summed E-state index contributed by atoms with van der Waals surface area (Å²) in [6, 6.07) is 20.4. The van der Waals surface area contributed by atoms with Gasteiger partial charge in [-0.15, -0.1) is 0 Å². The maximum atomic E-state index is 14.3. The molecule has 1 saturated heterocycles. The van der Waals surface area contributed by atoms with Crippen LogP contribution in [-0.4, -0.2) is 60.1 Å². The number of carbonyl (C=O) groups excluding carboxylic acids is 5. The number of nitrogens with zero attached hydrogens (tertiary/aromatic N) is 2. The first-order valence-electron chi connectivity index (χ1n) is 17.1. The van der Waals surface area contributed by atoms with Gasteiger partial charge in [0.15, 0.2) is 5.78 Å². The monoisotopic (exact) mass is 700 g/mol. The Bertz CT molecular complexity index is 1700. The highest BCUT2D eigenvalue weighted by Crippen LogP contribution is 2.42. The van der Waals surface area contributed by atoms with Crippen LogP contribution in [-0.2, 0) is 36.8 Å². The Labute approximate surface area is 298 Å². The maximum Gasteiger partial charge on any atom is 0.252 e. The molecule has 3 unspecified atom stereocenters. The van der Waals surface area contributed by atoms with E-state index in [0.29, 0.717) is 48.7 Å². The molecule has 11 heteroatoms. The zero-order valence-corrected chi connectivity index (χ0v) is 29.8. The van der Waals surface area contributed by atoms with E-state index in [9.17, 15) is 24.0 Å². The number of hydrogen-bond donors (Lipinski definition) is 2. The molecule has 50 heavy (non-hydrogen) atoms. The van der Waals surface area contributed by atoms with E-state index in [4.69, 9.17) is 16.3 Å². The van der Waals surface area contributed by atoms with Crippen molar-refractivity contribution < 1.29 is 28.7 Å². The van der Waals surface area contributed by atoms with Crippen molar-refractivity contribution in [2.45, 2.75) is 84.0 Å². The third-order valence-electron chi connectivity index (χ3n) is 9.96. The number of amides is 4. The van der Waals surface area contributed by atoms with Gasteiger partial charge in [-0.1, -0.05) is 60.8 Å². The summed E-state index contributed by atoms with van der Waals surface area (Å²) in [5.41, 5.74) is 2.40. The van der Waals surface area contributed by atoms with Gasteiger partial charge < -0.3 is 20.3 Å². The molecular formula is C39H45ClN4O6. The van der Waals surface area contributed by atoms with Crippen molar-refractivity contribution in [2.75, 3.05) is 18.6 Å².